The summed E-state index contributed by atoms with van der Waals surface area (Å²) >= 11 is 0. The summed E-state index contributed by atoms with van der Waals surface area (Å²) in [5.74, 6) is 0.459. The van der Waals surface area contributed by atoms with Crippen LogP contribution in [0, 0.1) is 17.1 Å². The van der Waals surface area contributed by atoms with Gasteiger partial charge >= 0.3 is 0 Å². The van der Waals surface area contributed by atoms with Gasteiger partial charge in [0.15, 0.2) is 0 Å². The van der Waals surface area contributed by atoms with Gasteiger partial charge in [-0.2, -0.15) is 5.26 Å². The first-order valence-corrected chi connectivity index (χ1v) is 7.23. The molecule has 5 nitrogen and oxygen atoms in total. The minimum atomic E-state index is -0.365. The lowest BCUT2D eigenvalue weighted by Crippen LogP contribution is -2.39. The van der Waals surface area contributed by atoms with E-state index in [4.69, 9.17) is 5.26 Å². The van der Waals surface area contributed by atoms with Crippen LogP contribution in [-0.4, -0.2) is 29.1 Å². The standard InChI is InChI=1S/C16H16FN5/c17-13-7-12(10-18)8-15(9-13)22-5-2-14(3-6-22)21-16-1-4-19-11-20-16/h1,4,7-9,11,14H,2-3,5-6H2,(H,19,20,21). The fourth-order valence-electron chi connectivity index (χ4n) is 2.69. The van der Waals surface area contributed by atoms with Gasteiger partial charge in [0.25, 0.3) is 0 Å². The number of anilines is 2. The maximum absolute atomic E-state index is 13.5. The number of halogens is 1. The number of hydrogen-bond donors (Lipinski definition) is 1. The normalized spacial score (nSPS) is 15.4. The number of nitrogens with zero attached hydrogens (tertiary/aromatic N) is 4. The van der Waals surface area contributed by atoms with Crippen LogP contribution < -0.4 is 10.2 Å². The Labute approximate surface area is 128 Å². The summed E-state index contributed by atoms with van der Waals surface area (Å²) in [6.07, 6.45) is 5.10. The fourth-order valence-corrected chi connectivity index (χ4v) is 2.69. The molecule has 1 aliphatic rings. The van der Waals surface area contributed by atoms with Crippen molar-refractivity contribution in [3.8, 4) is 6.07 Å². The van der Waals surface area contributed by atoms with E-state index in [0.29, 0.717) is 11.6 Å². The maximum Gasteiger partial charge on any atom is 0.129 e. The van der Waals surface area contributed by atoms with Gasteiger partial charge in [-0.1, -0.05) is 0 Å². The van der Waals surface area contributed by atoms with Crippen molar-refractivity contribution in [1.82, 2.24) is 9.97 Å². The third kappa shape index (κ3) is 3.31. The molecule has 1 aliphatic heterocycles. The van der Waals surface area contributed by atoms with Gasteiger partial charge in [0, 0.05) is 31.0 Å². The molecule has 0 bridgehead atoms. The first-order chi connectivity index (χ1) is 10.7. The van der Waals surface area contributed by atoms with Crippen LogP contribution in [0.1, 0.15) is 18.4 Å². The molecule has 2 heterocycles. The molecule has 0 atom stereocenters. The van der Waals surface area contributed by atoms with E-state index in [0.717, 1.165) is 37.4 Å². The Morgan fingerprint density at radius 3 is 2.77 bits per heavy atom. The SMILES string of the molecule is N#Cc1cc(F)cc(N2CCC(Nc3ccncn3)CC2)c1. The van der Waals surface area contributed by atoms with Crippen LogP contribution in [0.2, 0.25) is 0 Å². The van der Waals surface area contributed by atoms with Crippen LogP contribution in [0.3, 0.4) is 0 Å². The van der Waals surface area contributed by atoms with Crippen molar-refractivity contribution in [2.45, 2.75) is 18.9 Å². The maximum atomic E-state index is 13.5. The average Bonchev–Trinajstić information content (AvgIpc) is 2.56. The molecule has 0 saturated carbocycles. The van der Waals surface area contributed by atoms with E-state index in [-0.39, 0.29) is 5.82 Å². The Bertz CT molecular complexity index is 675. The van der Waals surface area contributed by atoms with Crippen molar-refractivity contribution >= 4 is 11.5 Å². The Kier molecular flexibility index (Phi) is 4.15. The topological polar surface area (TPSA) is 64.8 Å². The zero-order valence-electron chi connectivity index (χ0n) is 12.0. The summed E-state index contributed by atoms with van der Waals surface area (Å²) in [6.45, 7) is 1.63. The second-order valence-electron chi connectivity index (χ2n) is 5.31. The van der Waals surface area contributed by atoms with Crippen LogP contribution in [0.5, 0.6) is 0 Å². The molecule has 6 heteroatoms. The van der Waals surface area contributed by atoms with Gasteiger partial charge in [0.1, 0.15) is 18.0 Å². The van der Waals surface area contributed by atoms with E-state index in [1.165, 1.54) is 18.5 Å². The molecule has 1 aromatic carbocycles. The zero-order valence-corrected chi connectivity index (χ0v) is 12.0. The summed E-state index contributed by atoms with van der Waals surface area (Å²) in [6, 6.07) is 8.66. The molecule has 0 spiro atoms. The van der Waals surface area contributed by atoms with Crippen molar-refractivity contribution in [2.75, 3.05) is 23.3 Å². The average molecular weight is 297 g/mol. The van der Waals surface area contributed by atoms with E-state index >= 15 is 0 Å². The third-order valence-electron chi connectivity index (χ3n) is 3.81. The van der Waals surface area contributed by atoms with Gasteiger partial charge in [-0.05, 0) is 37.1 Å². The van der Waals surface area contributed by atoms with Crippen LogP contribution in [0.4, 0.5) is 15.9 Å². The molecule has 3 rings (SSSR count). The van der Waals surface area contributed by atoms with Crippen molar-refractivity contribution in [2.24, 2.45) is 0 Å². The molecule has 0 unspecified atom stereocenters. The largest absolute Gasteiger partial charge is 0.371 e. The van der Waals surface area contributed by atoms with Crippen molar-refractivity contribution < 1.29 is 4.39 Å². The van der Waals surface area contributed by atoms with Gasteiger partial charge in [-0.25, -0.2) is 14.4 Å². The van der Waals surface area contributed by atoms with E-state index in [1.807, 2.05) is 12.1 Å². The van der Waals surface area contributed by atoms with Crippen molar-refractivity contribution in [1.29, 1.82) is 5.26 Å². The smallest absolute Gasteiger partial charge is 0.129 e. The van der Waals surface area contributed by atoms with Crippen LogP contribution in [-0.2, 0) is 0 Å². The predicted octanol–water partition coefficient (Wildman–Crippen LogP) is 2.57. The number of benzene rings is 1. The summed E-state index contributed by atoms with van der Waals surface area (Å²) in [5, 5.41) is 12.3. The Morgan fingerprint density at radius 2 is 2.09 bits per heavy atom. The van der Waals surface area contributed by atoms with E-state index in [1.54, 1.807) is 12.3 Å². The number of aromatic nitrogens is 2. The van der Waals surface area contributed by atoms with Crippen LogP contribution >= 0.6 is 0 Å². The molecule has 0 aliphatic carbocycles. The second-order valence-corrected chi connectivity index (χ2v) is 5.31. The highest BCUT2D eigenvalue weighted by Crippen LogP contribution is 2.23. The summed E-state index contributed by atoms with van der Waals surface area (Å²) < 4.78 is 13.5. The molecule has 1 aromatic heterocycles. The molecule has 22 heavy (non-hydrogen) atoms. The number of rotatable bonds is 3. The second kappa shape index (κ2) is 6.39. The fraction of sp³-hybridized carbons (Fsp3) is 0.312. The molecular weight excluding hydrogens is 281 g/mol. The summed E-state index contributed by atoms with van der Waals surface area (Å²) in [4.78, 5) is 10.2. The Hall–Kier alpha value is -2.68. The summed E-state index contributed by atoms with van der Waals surface area (Å²) in [5.41, 5.74) is 1.13. The highest BCUT2D eigenvalue weighted by molar-refractivity contribution is 5.52. The molecule has 1 saturated heterocycles. The van der Waals surface area contributed by atoms with Crippen molar-refractivity contribution in [3.05, 3.63) is 48.2 Å². The third-order valence-corrected chi connectivity index (χ3v) is 3.81. The Morgan fingerprint density at radius 1 is 1.27 bits per heavy atom. The molecule has 112 valence electrons. The predicted molar refractivity (Wildman–Crippen MR) is 82.0 cm³/mol. The number of hydrogen-bond acceptors (Lipinski definition) is 5. The minimum Gasteiger partial charge on any atom is -0.371 e. The molecule has 0 amide bonds. The molecule has 1 N–H and O–H groups in total. The summed E-state index contributed by atoms with van der Waals surface area (Å²) in [7, 11) is 0. The Balaban J connectivity index is 1.62. The molecular formula is C16H16FN5. The van der Waals surface area contributed by atoms with E-state index in [2.05, 4.69) is 20.2 Å². The lowest BCUT2D eigenvalue weighted by Gasteiger charge is -2.34. The lowest BCUT2D eigenvalue weighted by molar-refractivity contribution is 0.524. The van der Waals surface area contributed by atoms with Crippen LogP contribution in [0.15, 0.2) is 36.8 Å². The van der Waals surface area contributed by atoms with E-state index in [9.17, 15) is 4.39 Å². The quantitative estimate of drug-likeness (QED) is 0.943. The monoisotopic (exact) mass is 297 g/mol. The minimum absolute atomic E-state index is 0.343. The first kappa shape index (κ1) is 14.3. The van der Waals surface area contributed by atoms with E-state index < -0.39 is 0 Å². The van der Waals surface area contributed by atoms with Gasteiger partial charge < -0.3 is 10.2 Å². The molecule has 0 radical (unpaired) electrons. The molecule has 1 fully saturated rings. The number of piperidine rings is 1. The van der Waals surface area contributed by atoms with Gasteiger partial charge in [0.05, 0.1) is 11.6 Å². The lowest BCUT2D eigenvalue weighted by atomic mass is 10.0. The molecule has 2 aromatic rings. The zero-order chi connectivity index (χ0) is 15.4. The highest BCUT2D eigenvalue weighted by Gasteiger charge is 2.20. The van der Waals surface area contributed by atoms with Crippen molar-refractivity contribution in [3.63, 3.8) is 0 Å². The van der Waals surface area contributed by atoms with Crippen LogP contribution in [0.25, 0.3) is 0 Å². The van der Waals surface area contributed by atoms with Gasteiger partial charge in [-0.3, -0.25) is 0 Å². The highest BCUT2D eigenvalue weighted by atomic mass is 19.1. The van der Waals surface area contributed by atoms with Gasteiger partial charge in [-0.15, -0.1) is 0 Å². The number of nitriles is 1. The first-order valence-electron chi connectivity index (χ1n) is 7.23. The van der Waals surface area contributed by atoms with Gasteiger partial charge in [0.2, 0.25) is 0 Å². The number of nitrogens with one attached hydrogen (secondary N) is 1.